The van der Waals surface area contributed by atoms with Gasteiger partial charge in [-0.2, -0.15) is 0 Å². The molecule has 35 heavy (non-hydrogen) atoms. The quantitative estimate of drug-likeness (QED) is 0.215. The van der Waals surface area contributed by atoms with Gasteiger partial charge in [0.15, 0.2) is 0 Å². The number of nitrogens with zero attached hydrogens (tertiary/aromatic N) is 2. The maximum absolute atomic E-state index is 14.4. The summed E-state index contributed by atoms with van der Waals surface area (Å²) in [6.45, 7) is -0.000358. The van der Waals surface area contributed by atoms with E-state index in [2.05, 4.69) is 15.3 Å². The lowest BCUT2D eigenvalue weighted by molar-refractivity contribution is -0.119. The second-order valence-electron chi connectivity index (χ2n) is 7.41. The third-order valence-electron chi connectivity index (χ3n) is 5.09. The minimum atomic E-state index is -1.21. The summed E-state index contributed by atoms with van der Waals surface area (Å²) in [4.78, 5) is 32.9. The largest absolute Gasteiger partial charge is 0.493 e. The number of aromatic nitrogens is 3. The maximum Gasteiger partial charge on any atom is 0.329 e. The van der Waals surface area contributed by atoms with E-state index in [-0.39, 0.29) is 31.0 Å². The molecule has 4 N–H and O–H groups in total. The Morgan fingerprint density at radius 1 is 1.29 bits per heavy atom. The first-order chi connectivity index (χ1) is 16.9. The fraction of sp³-hybridized carbons (Fsp3) is 0.174. The lowest BCUT2D eigenvalue weighted by Crippen LogP contribution is -2.33. The van der Waals surface area contributed by atoms with E-state index in [9.17, 15) is 19.1 Å². The molecule has 2 heterocycles. The number of hydrogen-bond donors (Lipinski definition) is 4. The Balaban J connectivity index is 1.68. The van der Waals surface area contributed by atoms with Crippen molar-refractivity contribution in [1.29, 1.82) is 0 Å². The molecule has 4 rings (SSSR count). The molecule has 1 atom stereocenters. The third kappa shape index (κ3) is 5.71. The topological polar surface area (TPSA) is 129 Å². The number of ether oxygens (including phenoxy) is 1. The number of halogens is 2. The Morgan fingerprint density at radius 3 is 2.71 bits per heavy atom. The monoisotopic (exact) mass is 610 g/mol. The number of anilines is 1. The molecule has 12 heteroatoms. The first-order valence-electron chi connectivity index (χ1n) is 10.4. The van der Waals surface area contributed by atoms with E-state index in [4.69, 9.17) is 9.84 Å². The molecule has 182 valence electrons. The predicted molar refractivity (Wildman–Crippen MR) is 137 cm³/mol. The number of rotatable bonds is 9. The molecule has 0 aliphatic heterocycles. The van der Waals surface area contributed by atoms with Crippen LogP contribution in [0.1, 0.15) is 11.7 Å². The molecular formula is C23H20FIN4O5S. The van der Waals surface area contributed by atoms with E-state index in [1.165, 1.54) is 23.5 Å². The van der Waals surface area contributed by atoms with Crippen LogP contribution in [0.25, 0.3) is 11.3 Å². The van der Waals surface area contributed by atoms with Crippen LogP contribution in [-0.2, 0) is 11.2 Å². The Hall–Kier alpha value is -3.23. The zero-order chi connectivity index (χ0) is 24.9. The summed E-state index contributed by atoms with van der Waals surface area (Å²) in [6.07, 6.45) is 0.0000178. The van der Waals surface area contributed by atoms with Crippen LogP contribution in [0.5, 0.6) is 11.6 Å². The van der Waals surface area contributed by atoms with E-state index in [0.717, 1.165) is 4.57 Å². The molecule has 9 nitrogen and oxygen atoms in total. The number of aromatic hydroxyl groups is 1. The van der Waals surface area contributed by atoms with Gasteiger partial charge < -0.3 is 25.3 Å². The summed E-state index contributed by atoms with van der Waals surface area (Å²) in [7, 11) is 0. The second kappa shape index (κ2) is 11.0. The zero-order valence-corrected chi connectivity index (χ0v) is 21.0. The molecule has 0 saturated carbocycles. The van der Waals surface area contributed by atoms with Gasteiger partial charge in [-0.05, 0) is 65.1 Å². The summed E-state index contributed by atoms with van der Waals surface area (Å²) in [6, 6.07) is 9.63. The molecule has 0 saturated heterocycles. The van der Waals surface area contributed by atoms with Crippen molar-refractivity contribution >= 4 is 45.5 Å². The highest BCUT2D eigenvalue weighted by Gasteiger charge is 2.29. The highest BCUT2D eigenvalue weighted by Crippen LogP contribution is 2.31. The third-order valence-corrected chi connectivity index (χ3v) is 6.40. The Labute approximate surface area is 216 Å². The van der Waals surface area contributed by atoms with Crippen LogP contribution in [0.3, 0.4) is 0 Å². The standard InChI is InChI=1S/C23H20FIN4O5S/c24-17-9-14(25)3-6-18(17)27-21(31)19(10-15-11-35-12-26-15)29-22(32)20(28-23(29)33)13-1-4-16(5-2-13)34-8-7-30/h1-6,9,11-12,19,30,32H,7-8,10H2,(H,27,31)(H,28,33)/t19-/m0/s1. The number of carbonyl (C=O) groups is 1. The number of thiazole rings is 1. The van der Waals surface area contributed by atoms with Gasteiger partial charge in [0.05, 0.1) is 23.5 Å². The van der Waals surface area contributed by atoms with Crippen molar-refractivity contribution in [1.82, 2.24) is 14.5 Å². The fourth-order valence-electron chi connectivity index (χ4n) is 3.46. The van der Waals surface area contributed by atoms with Gasteiger partial charge in [0.1, 0.15) is 29.9 Å². The zero-order valence-electron chi connectivity index (χ0n) is 18.1. The van der Waals surface area contributed by atoms with Crippen molar-refractivity contribution in [2.24, 2.45) is 0 Å². The van der Waals surface area contributed by atoms with E-state index in [0.29, 0.717) is 20.6 Å². The summed E-state index contributed by atoms with van der Waals surface area (Å²) in [5, 5.41) is 24.1. The summed E-state index contributed by atoms with van der Waals surface area (Å²) < 4.78 is 21.3. The molecule has 0 bridgehead atoms. The van der Waals surface area contributed by atoms with E-state index in [1.807, 2.05) is 22.6 Å². The van der Waals surface area contributed by atoms with Crippen LogP contribution in [0.4, 0.5) is 10.1 Å². The highest BCUT2D eigenvalue weighted by molar-refractivity contribution is 14.1. The molecule has 0 fully saturated rings. The predicted octanol–water partition coefficient (Wildman–Crippen LogP) is 3.54. The van der Waals surface area contributed by atoms with Crippen molar-refractivity contribution in [3.63, 3.8) is 0 Å². The Morgan fingerprint density at radius 2 is 2.06 bits per heavy atom. The number of aliphatic hydroxyl groups is 1. The maximum atomic E-state index is 14.4. The number of benzene rings is 2. The van der Waals surface area contributed by atoms with Crippen LogP contribution < -0.4 is 15.7 Å². The van der Waals surface area contributed by atoms with Gasteiger partial charge in [-0.1, -0.05) is 0 Å². The van der Waals surface area contributed by atoms with E-state index in [1.54, 1.807) is 41.2 Å². The molecule has 1 amide bonds. The van der Waals surface area contributed by atoms with Crippen molar-refractivity contribution < 1.29 is 24.1 Å². The van der Waals surface area contributed by atoms with Gasteiger partial charge in [0.25, 0.3) is 0 Å². The number of nitrogens with one attached hydrogen (secondary N) is 2. The molecule has 2 aromatic carbocycles. The molecule has 0 aliphatic rings. The van der Waals surface area contributed by atoms with Crippen molar-refractivity contribution in [2.45, 2.75) is 12.5 Å². The van der Waals surface area contributed by atoms with Gasteiger partial charge >= 0.3 is 5.69 Å². The molecule has 0 aliphatic carbocycles. The molecule has 0 radical (unpaired) electrons. The lowest BCUT2D eigenvalue weighted by atomic mass is 10.1. The van der Waals surface area contributed by atoms with Crippen molar-refractivity contribution in [3.05, 3.63) is 78.9 Å². The van der Waals surface area contributed by atoms with Crippen LogP contribution in [0, 0.1) is 9.39 Å². The summed E-state index contributed by atoms with van der Waals surface area (Å²) in [5.41, 5.74) is 1.97. The van der Waals surface area contributed by atoms with Crippen LogP contribution >= 0.6 is 33.9 Å². The van der Waals surface area contributed by atoms with E-state index >= 15 is 0 Å². The second-order valence-corrected chi connectivity index (χ2v) is 9.37. The molecule has 2 aromatic heterocycles. The van der Waals surface area contributed by atoms with Crippen molar-refractivity contribution in [3.8, 4) is 22.9 Å². The number of carbonyl (C=O) groups excluding carboxylic acids is 1. The summed E-state index contributed by atoms with van der Waals surface area (Å²) >= 11 is 3.28. The number of aromatic amines is 1. The average Bonchev–Trinajstić information content (AvgIpc) is 3.46. The smallest absolute Gasteiger partial charge is 0.329 e. The number of H-pyrrole nitrogens is 1. The minimum absolute atomic E-state index is 0.0000178. The first kappa shape index (κ1) is 24.9. The van der Waals surface area contributed by atoms with Gasteiger partial charge in [0, 0.05) is 20.9 Å². The van der Waals surface area contributed by atoms with Gasteiger partial charge in [-0.25, -0.2) is 18.7 Å². The fourth-order valence-corrected chi connectivity index (χ4v) is 4.48. The number of imidazole rings is 1. The Bertz CT molecular complexity index is 1370. The molecule has 0 spiro atoms. The molecule has 4 aromatic rings. The SMILES string of the molecule is O=C(Nc1ccc(I)cc1F)[C@H](Cc1cscn1)n1c(O)c(-c2ccc(OCCO)cc2)[nH]c1=O. The van der Waals surface area contributed by atoms with Gasteiger partial charge in [-0.3, -0.25) is 4.79 Å². The van der Waals surface area contributed by atoms with Crippen LogP contribution in [-0.4, -0.2) is 43.9 Å². The average molecular weight is 610 g/mol. The first-order valence-corrected chi connectivity index (χ1v) is 12.4. The van der Waals surface area contributed by atoms with Crippen LogP contribution in [0.2, 0.25) is 0 Å². The molecule has 0 unspecified atom stereocenters. The summed E-state index contributed by atoms with van der Waals surface area (Å²) in [5.74, 6) is -1.25. The number of amides is 1. The van der Waals surface area contributed by atoms with Crippen molar-refractivity contribution in [2.75, 3.05) is 18.5 Å². The van der Waals surface area contributed by atoms with Gasteiger partial charge in [-0.15, -0.1) is 11.3 Å². The van der Waals surface area contributed by atoms with Gasteiger partial charge in [0.2, 0.25) is 11.8 Å². The number of aliphatic hydroxyl groups excluding tert-OH is 1. The lowest BCUT2D eigenvalue weighted by Gasteiger charge is -2.18. The highest BCUT2D eigenvalue weighted by atomic mass is 127. The molecular weight excluding hydrogens is 590 g/mol. The minimum Gasteiger partial charge on any atom is -0.493 e. The Kier molecular flexibility index (Phi) is 7.83. The van der Waals surface area contributed by atoms with E-state index < -0.39 is 29.3 Å². The normalized spacial score (nSPS) is 11.9. The number of hydrogen-bond acceptors (Lipinski definition) is 7. The van der Waals surface area contributed by atoms with Crippen LogP contribution in [0.15, 0.2) is 58.1 Å².